The first-order valence-electron chi connectivity index (χ1n) is 5.65. The Morgan fingerprint density at radius 2 is 1.86 bits per heavy atom. The lowest BCUT2D eigenvalue weighted by molar-refractivity contribution is -0.120. The third-order valence-corrected chi connectivity index (χ3v) is 5.35. The van der Waals surface area contributed by atoms with Gasteiger partial charge in [-0.3, -0.25) is 4.79 Å². The Kier molecular flexibility index (Phi) is 6.08. The Hall–Kier alpha value is -0.313. The van der Waals surface area contributed by atoms with Crippen molar-refractivity contribution in [1.82, 2.24) is 5.32 Å². The number of hydrogen-bond donors (Lipinski definition) is 1. The number of amides is 1. The van der Waals surface area contributed by atoms with Crippen LogP contribution in [0.4, 0.5) is 0 Å². The van der Waals surface area contributed by atoms with Crippen molar-refractivity contribution in [2.45, 2.75) is 57.8 Å². The molecule has 1 unspecified atom stereocenters. The Balaban J connectivity index is 4.19. The molecule has 0 aliphatic rings. The van der Waals surface area contributed by atoms with Crippen LogP contribution in [0, 0.1) is 0 Å². The standard InChI is InChI=1S/C11H25NOSi/c1-6-7-8-9-10(11(13)12-2)14(3,4)5/h10H,6-9H2,1-5H3,(H,12,13). The molecule has 1 atom stereocenters. The predicted molar refractivity (Wildman–Crippen MR) is 65.3 cm³/mol. The van der Waals surface area contributed by atoms with Crippen molar-refractivity contribution in [2.75, 3.05) is 7.05 Å². The Morgan fingerprint density at radius 3 is 2.21 bits per heavy atom. The molecule has 3 heteroatoms. The van der Waals surface area contributed by atoms with Gasteiger partial charge in [-0.2, -0.15) is 0 Å². The van der Waals surface area contributed by atoms with Crippen LogP contribution in [0.1, 0.15) is 32.6 Å². The zero-order valence-corrected chi connectivity index (χ0v) is 11.3. The quantitative estimate of drug-likeness (QED) is 0.535. The molecule has 84 valence electrons. The largest absolute Gasteiger partial charge is 0.359 e. The van der Waals surface area contributed by atoms with Crippen LogP contribution in [0.25, 0.3) is 0 Å². The summed E-state index contributed by atoms with van der Waals surface area (Å²) in [5.74, 6) is 0.250. The molecule has 0 aromatic heterocycles. The smallest absolute Gasteiger partial charge is 0.220 e. The van der Waals surface area contributed by atoms with Gasteiger partial charge >= 0.3 is 0 Å². The topological polar surface area (TPSA) is 29.1 Å². The minimum atomic E-state index is -1.33. The van der Waals surface area contributed by atoms with Gasteiger partial charge in [0.05, 0.1) is 8.07 Å². The second-order valence-corrected chi connectivity index (χ2v) is 10.5. The van der Waals surface area contributed by atoms with Crippen LogP contribution in [-0.4, -0.2) is 21.0 Å². The third-order valence-electron chi connectivity index (χ3n) is 2.70. The van der Waals surface area contributed by atoms with E-state index in [1.54, 1.807) is 7.05 Å². The lowest BCUT2D eigenvalue weighted by atomic mass is 10.1. The lowest BCUT2D eigenvalue weighted by Crippen LogP contribution is -2.39. The maximum Gasteiger partial charge on any atom is 0.220 e. The SMILES string of the molecule is CCCCCC(C(=O)NC)[Si](C)(C)C. The molecule has 2 nitrogen and oxygen atoms in total. The van der Waals surface area contributed by atoms with Crippen LogP contribution in [-0.2, 0) is 4.79 Å². The second kappa shape index (κ2) is 6.22. The van der Waals surface area contributed by atoms with Gasteiger partial charge in [-0.1, -0.05) is 45.8 Å². The number of hydrogen-bond acceptors (Lipinski definition) is 1. The molecule has 14 heavy (non-hydrogen) atoms. The molecule has 0 fully saturated rings. The average molecular weight is 215 g/mol. The zero-order chi connectivity index (χ0) is 11.2. The number of carbonyl (C=O) groups is 1. The van der Waals surface area contributed by atoms with Crippen molar-refractivity contribution in [3.05, 3.63) is 0 Å². The van der Waals surface area contributed by atoms with Gasteiger partial charge in [0.2, 0.25) is 5.91 Å². The Labute approximate surface area is 89.5 Å². The van der Waals surface area contributed by atoms with E-state index in [0.717, 1.165) is 6.42 Å². The van der Waals surface area contributed by atoms with E-state index >= 15 is 0 Å². The molecule has 0 radical (unpaired) electrons. The highest BCUT2D eigenvalue weighted by atomic mass is 28.3. The van der Waals surface area contributed by atoms with Gasteiger partial charge < -0.3 is 5.32 Å². The number of unbranched alkanes of at least 4 members (excludes halogenated alkanes) is 2. The van der Waals surface area contributed by atoms with Crippen LogP contribution < -0.4 is 5.32 Å². The lowest BCUT2D eigenvalue weighted by Gasteiger charge is -2.27. The maximum absolute atomic E-state index is 11.7. The van der Waals surface area contributed by atoms with E-state index in [9.17, 15) is 4.79 Å². The summed E-state index contributed by atoms with van der Waals surface area (Å²) >= 11 is 0. The van der Waals surface area contributed by atoms with Gasteiger partial charge in [0.15, 0.2) is 0 Å². The first kappa shape index (κ1) is 13.7. The monoisotopic (exact) mass is 215 g/mol. The van der Waals surface area contributed by atoms with Gasteiger partial charge in [0, 0.05) is 12.6 Å². The molecule has 0 aromatic carbocycles. The Bertz CT molecular complexity index is 175. The molecule has 0 saturated heterocycles. The summed E-state index contributed by atoms with van der Waals surface area (Å²) in [6, 6.07) is 0. The highest BCUT2D eigenvalue weighted by Crippen LogP contribution is 2.27. The van der Waals surface area contributed by atoms with Crippen molar-refractivity contribution in [3.63, 3.8) is 0 Å². The number of rotatable bonds is 6. The molecule has 0 spiro atoms. The van der Waals surface area contributed by atoms with Crippen LogP contribution >= 0.6 is 0 Å². The van der Waals surface area contributed by atoms with E-state index < -0.39 is 8.07 Å². The molecule has 0 bridgehead atoms. The van der Waals surface area contributed by atoms with E-state index in [4.69, 9.17) is 0 Å². The van der Waals surface area contributed by atoms with E-state index in [-0.39, 0.29) is 5.91 Å². The van der Waals surface area contributed by atoms with Gasteiger partial charge in [-0.15, -0.1) is 0 Å². The minimum absolute atomic E-state index is 0.250. The summed E-state index contributed by atoms with van der Waals surface area (Å²) in [4.78, 5) is 11.7. The fraction of sp³-hybridized carbons (Fsp3) is 0.909. The first-order chi connectivity index (χ1) is 6.43. The van der Waals surface area contributed by atoms with Crippen molar-refractivity contribution < 1.29 is 4.79 Å². The number of nitrogens with one attached hydrogen (secondary N) is 1. The number of carbonyl (C=O) groups excluding carboxylic acids is 1. The van der Waals surface area contributed by atoms with Crippen molar-refractivity contribution in [2.24, 2.45) is 0 Å². The molecular weight excluding hydrogens is 190 g/mol. The summed E-state index contributed by atoms with van der Waals surface area (Å²) in [6.45, 7) is 9.03. The van der Waals surface area contributed by atoms with Gasteiger partial charge in [-0.25, -0.2) is 0 Å². The van der Waals surface area contributed by atoms with E-state index in [0.29, 0.717) is 5.54 Å². The molecule has 0 aliphatic heterocycles. The Morgan fingerprint density at radius 1 is 1.29 bits per heavy atom. The molecule has 0 saturated carbocycles. The molecular formula is C11H25NOSi. The van der Waals surface area contributed by atoms with Crippen molar-refractivity contribution in [1.29, 1.82) is 0 Å². The van der Waals surface area contributed by atoms with Gasteiger partial charge in [0.1, 0.15) is 0 Å². The molecule has 0 aliphatic carbocycles. The summed E-state index contributed by atoms with van der Waals surface area (Å²) < 4.78 is 0. The average Bonchev–Trinajstić information content (AvgIpc) is 2.09. The van der Waals surface area contributed by atoms with Crippen molar-refractivity contribution in [3.8, 4) is 0 Å². The van der Waals surface area contributed by atoms with E-state index in [1.165, 1.54) is 19.3 Å². The normalized spacial score (nSPS) is 13.8. The zero-order valence-electron chi connectivity index (χ0n) is 10.3. The van der Waals surface area contributed by atoms with E-state index in [1.807, 2.05) is 0 Å². The fourth-order valence-corrected chi connectivity index (χ4v) is 3.73. The predicted octanol–water partition coefficient (Wildman–Crippen LogP) is 3.02. The summed E-state index contributed by atoms with van der Waals surface area (Å²) in [6.07, 6.45) is 4.74. The van der Waals surface area contributed by atoms with Crippen molar-refractivity contribution >= 4 is 14.0 Å². The van der Waals surface area contributed by atoms with Gasteiger partial charge in [-0.05, 0) is 6.42 Å². The molecule has 0 heterocycles. The molecule has 0 aromatic rings. The highest BCUT2D eigenvalue weighted by Gasteiger charge is 2.31. The molecule has 0 rings (SSSR count). The van der Waals surface area contributed by atoms with E-state index in [2.05, 4.69) is 31.9 Å². The van der Waals surface area contributed by atoms with Crippen LogP contribution in [0.15, 0.2) is 0 Å². The summed E-state index contributed by atoms with van der Waals surface area (Å²) in [5.41, 5.74) is 0.291. The van der Waals surface area contributed by atoms with Crippen LogP contribution in [0.5, 0.6) is 0 Å². The van der Waals surface area contributed by atoms with Gasteiger partial charge in [0.25, 0.3) is 0 Å². The first-order valence-corrected chi connectivity index (χ1v) is 9.22. The second-order valence-electron chi connectivity index (χ2n) is 5.03. The van der Waals surface area contributed by atoms with Crippen LogP contribution in [0.2, 0.25) is 25.2 Å². The third kappa shape index (κ3) is 4.79. The summed E-state index contributed by atoms with van der Waals surface area (Å²) in [5, 5.41) is 2.79. The minimum Gasteiger partial charge on any atom is -0.359 e. The highest BCUT2D eigenvalue weighted by molar-refractivity contribution is 6.80. The van der Waals surface area contributed by atoms with Crippen LogP contribution in [0.3, 0.4) is 0 Å². The molecule has 1 amide bonds. The fourth-order valence-electron chi connectivity index (χ4n) is 1.73. The molecule has 1 N–H and O–H groups in total. The maximum atomic E-state index is 11.7. The summed E-state index contributed by atoms with van der Waals surface area (Å²) in [7, 11) is 0.413.